The maximum atomic E-state index is 11.8. The number of hydrogen-bond donors (Lipinski definition) is 0. The van der Waals surface area contributed by atoms with E-state index in [0.29, 0.717) is 12.8 Å². The highest BCUT2D eigenvalue weighted by molar-refractivity contribution is 7.85. The van der Waals surface area contributed by atoms with Gasteiger partial charge in [-0.3, -0.25) is 4.39 Å². The molecule has 0 heterocycles. The van der Waals surface area contributed by atoms with Gasteiger partial charge in [0.25, 0.3) is 0 Å². The van der Waals surface area contributed by atoms with Crippen molar-refractivity contribution in [2.24, 2.45) is 0 Å². The van der Waals surface area contributed by atoms with Crippen molar-refractivity contribution >= 4 is 10.1 Å². The molecule has 0 atom stereocenters. The summed E-state index contributed by atoms with van der Waals surface area (Å²) in [6, 6.07) is 0. The molecule has 0 aromatic carbocycles. The van der Waals surface area contributed by atoms with Gasteiger partial charge in [-0.05, 0) is 40.5 Å². The Labute approximate surface area is 162 Å². The summed E-state index contributed by atoms with van der Waals surface area (Å²) >= 11 is 0. The van der Waals surface area contributed by atoms with Gasteiger partial charge in [-0.15, -0.1) is 0 Å². The number of halogens is 1. The monoisotopic (exact) mass is 397 g/mol. The molecule has 160 valence electrons. The first-order valence-electron chi connectivity index (χ1n) is 10.6. The lowest BCUT2D eigenvalue weighted by molar-refractivity contribution is -0.921. The van der Waals surface area contributed by atoms with Crippen molar-refractivity contribution in [3.63, 3.8) is 0 Å². The van der Waals surface area contributed by atoms with Crippen LogP contribution in [-0.2, 0) is 10.1 Å². The van der Waals surface area contributed by atoms with Gasteiger partial charge in [-0.2, -0.15) is 0 Å². The van der Waals surface area contributed by atoms with E-state index in [9.17, 15) is 17.4 Å². The summed E-state index contributed by atoms with van der Waals surface area (Å²) in [5.41, 5.74) is 0. The van der Waals surface area contributed by atoms with Crippen molar-refractivity contribution in [2.75, 3.05) is 38.6 Å². The summed E-state index contributed by atoms with van der Waals surface area (Å²) in [7, 11) is -4.01. The summed E-state index contributed by atoms with van der Waals surface area (Å²) in [5.74, 6) is -0.226. The number of nitrogens with zero attached hydrogens (tertiary/aromatic N) is 1. The largest absolute Gasteiger partial charge is 0.748 e. The second-order valence-electron chi connectivity index (χ2n) is 7.09. The number of alkyl halides is 1. The standard InChI is InChI=1S/C12H25FO3S.C8H20N/c13-11-9-7-5-3-1-2-4-6-8-10-12-17(14,15)16;1-5-9(6-2,7-3)8-4/h1-12H2,(H,14,15,16);5-8H2,1-4H3/q;+1/p-1. The summed E-state index contributed by atoms with van der Waals surface area (Å²) in [6.07, 6.45) is 9.67. The molecule has 4 nitrogen and oxygen atoms in total. The first-order valence-corrected chi connectivity index (χ1v) is 12.2. The highest BCUT2D eigenvalue weighted by Gasteiger charge is 2.16. The van der Waals surface area contributed by atoms with Crippen LogP contribution in [0.5, 0.6) is 0 Å². The Morgan fingerprint density at radius 1 is 0.654 bits per heavy atom. The average molecular weight is 398 g/mol. The van der Waals surface area contributed by atoms with Crippen LogP contribution in [-0.4, -0.2) is 56.1 Å². The summed E-state index contributed by atoms with van der Waals surface area (Å²) in [4.78, 5) is 0. The van der Waals surface area contributed by atoms with Crippen LogP contribution >= 0.6 is 0 Å². The summed E-state index contributed by atoms with van der Waals surface area (Å²) in [5, 5.41) is 0. The highest BCUT2D eigenvalue weighted by atomic mass is 32.2. The Kier molecular flexibility index (Phi) is 19.6. The molecule has 0 radical (unpaired) electrons. The topological polar surface area (TPSA) is 57.2 Å². The molecule has 0 aliphatic rings. The Morgan fingerprint density at radius 2 is 0.962 bits per heavy atom. The van der Waals surface area contributed by atoms with E-state index in [4.69, 9.17) is 0 Å². The molecule has 0 aromatic heterocycles. The smallest absolute Gasteiger partial charge is 0.0945 e. The lowest BCUT2D eigenvalue weighted by Crippen LogP contribution is -2.47. The van der Waals surface area contributed by atoms with Crippen molar-refractivity contribution < 1.29 is 21.8 Å². The minimum absolute atomic E-state index is 0.206. The normalized spacial score (nSPS) is 11.9. The van der Waals surface area contributed by atoms with E-state index in [1.807, 2.05) is 0 Å². The SMILES string of the molecule is CC[N+](CC)(CC)CC.O=S(=O)([O-])CCCCCCCCCCCCF. The summed E-state index contributed by atoms with van der Waals surface area (Å²) < 4.78 is 44.0. The predicted molar refractivity (Wildman–Crippen MR) is 109 cm³/mol. The quantitative estimate of drug-likeness (QED) is 0.202. The van der Waals surface area contributed by atoms with E-state index in [1.165, 1.54) is 37.1 Å². The first-order chi connectivity index (χ1) is 12.3. The van der Waals surface area contributed by atoms with Crippen LogP contribution < -0.4 is 0 Å². The van der Waals surface area contributed by atoms with Crippen LogP contribution in [0.1, 0.15) is 91.9 Å². The van der Waals surface area contributed by atoms with Crippen LogP contribution in [0, 0.1) is 0 Å². The molecule has 0 unspecified atom stereocenters. The number of unbranched alkanes of at least 4 members (excludes halogenated alkanes) is 9. The van der Waals surface area contributed by atoms with Crippen molar-refractivity contribution in [3.8, 4) is 0 Å². The average Bonchev–Trinajstić information content (AvgIpc) is 2.62. The van der Waals surface area contributed by atoms with Crippen LogP contribution in [0.15, 0.2) is 0 Å². The Balaban J connectivity index is 0. The van der Waals surface area contributed by atoms with E-state index < -0.39 is 10.1 Å². The van der Waals surface area contributed by atoms with Crippen LogP contribution in [0.3, 0.4) is 0 Å². The molecule has 0 N–H and O–H groups in total. The van der Waals surface area contributed by atoms with Gasteiger partial charge in [0.05, 0.1) is 43.0 Å². The molecular formula is C20H44FNO3S. The molecule has 26 heavy (non-hydrogen) atoms. The van der Waals surface area contributed by atoms with Gasteiger partial charge >= 0.3 is 0 Å². The molecule has 0 aromatic rings. The van der Waals surface area contributed by atoms with Crippen LogP contribution in [0.25, 0.3) is 0 Å². The predicted octanol–water partition coefficient (Wildman–Crippen LogP) is 5.28. The highest BCUT2D eigenvalue weighted by Crippen LogP contribution is 2.11. The van der Waals surface area contributed by atoms with Gasteiger partial charge in [0.1, 0.15) is 0 Å². The number of rotatable bonds is 16. The molecule has 0 bridgehead atoms. The molecule has 0 fully saturated rings. The van der Waals surface area contributed by atoms with Gasteiger partial charge in [0.2, 0.25) is 0 Å². The molecule has 0 rings (SSSR count). The van der Waals surface area contributed by atoms with Gasteiger partial charge < -0.3 is 9.04 Å². The third kappa shape index (κ3) is 18.6. The fraction of sp³-hybridized carbons (Fsp3) is 1.00. The fourth-order valence-electron chi connectivity index (χ4n) is 3.13. The van der Waals surface area contributed by atoms with E-state index in [0.717, 1.165) is 44.9 Å². The van der Waals surface area contributed by atoms with E-state index >= 15 is 0 Å². The Bertz CT molecular complexity index is 367. The number of hydrogen-bond acceptors (Lipinski definition) is 3. The van der Waals surface area contributed by atoms with Crippen molar-refractivity contribution in [2.45, 2.75) is 91.9 Å². The maximum Gasteiger partial charge on any atom is 0.0945 e. The number of quaternary nitrogens is 1. The minimum Gasteiger partial charge on any atom is -0.748 e. The van der Waals surface area contributed by atoms with E-state index in [2.05, 4.69) is 27.7 Å². The fourth-order valence-corrected chi connectivity index (χ4v) is 3.69. The minimum atomic E-state index is -4.01. The molecule has 0 amide bonds. The first kappa shape index (κ1) is 28.0. The molecule has 6 heteroatoms. The summed E-state index contributed by atoms with van der Waals surface area (Å²) in [6.45, 7) is 14.0. The lowest BCUT2D eigenvalue weighted by atomic mass is 10.1. The Morgan fingerprint density at radius 3 is 1.19 bits per heavy atom. The van der Waals surface area contributed by atoms with E-state index in [1.54, 1.807) is 0 Å². The Hall–Kier alpha value is -0.200. The zero-order chi connectivity index (χ0) is 20.3. The van der Waals surface area contributed by atoms with E-state index in [-0.39, 0.29) is 12.4 Å². The zero-order valence-corrected chi connectivity index (χ0v) is 18.6. The zero-order valence-electron chi connectivity index (χ0n) is 17.8. The molecule has 0 spiro atoms. The molecular weight excluding hydrogens is 353 g/mol. The molecule has 0 saturated carbocycles. The maximum absolute atomic E-state index is 11.8. The molecule has 0 saturated heterocycles. The van der Waals surface area contributed by atoms with Crippen molar-refractivity contribution in [1.82, 2.24) is 0 Å². The third-order valence-corrected chi connectivity index (χ3v) is 6.25. The second kappa shape index (κ2) is 18.2. The molecule has 0 aliphatic carbocycles. The second-order valence-corrected chi connectivity index (χ2v) is 8.62. The van der Waals surface area contributed by atoms with Crippen molar-refractivity contribution in [1.29, 1.82) is 0 Å². The van der Waals surface area contributed by atoms with Gasteiger partial charge in [-0.25, -0.2) is 8.42 Å². The third-order valence-electron chi connectivity index (χ3n) is 5.46. The van der Waals surface area contributed by atoms with Gasteiger partial charge in [0, 0.05) is 5.75 Å². The van der Waals surface area contributed by atoms with Crippen LogP contribution in [0.4, 0.5) is 4.39 Å². The van der Waals surface area contributed by atoms with Gasteiger partial charge in [0.15, 0.2) is 0 Å². The lowest BCUT2D eigenvalue weighted by Gasteiger charge is -2.34. The molecule has 0 aliphatic heterocycles. The van der Waals surface area contributed by atoms with Crippen molar-refractivity contribution in [3.05, 3.63) is 0 Å². The van der Waals surface area contributed by atoms with Gasteiger partial charge in [-0.1, -0.05) is 51.4 Å². The van der Waals surface area contributed by atoms with Crippen LogP contribution in [0.2, 0.25) is 0 Å².